The minimum atomic E-state index is -0.601. The molecule has 0 saturated heterocycles. The number of benzene rings is 1. The Labute approximate surface area is 95.3 Å². The lowest BCUT2D eigenvalue weighted by atomic mass is 10.1. The van der Waals surface area contributed by atoms with Gasteiger partial charge in [-0.2, -0.15) is 0 Å². The third kappa shape index (κ3) is 3.24. The maximum Gasteiger partial charge on any atom is 0.322 e. The average Bonchev–Trinajstić information content (AvgIpc) is 2.25. The molecule has 0 fully saturated rings. The zero-order valence-corrected chi connectivity index (χ0v) is 9.82. The van der Waals surface area contributed by atoms with Gasteiger partial charge >= 0.3 is 5.97 Å². The normalized spacial score (nSPS) is 12.0. The van der Waals surface area contributed by atoms with E-state index < -0.39 is 12.0 Å². The monoisotopic (exact) mass is 223 g/mol. The molecule has 88 valence electrons. The molecule has 1 unspecified atom stereocenters. The van der Waals surface area contributed by atoms with Gasteiger partial charge < -0.3 is 15.2 Å². The Kier molecular flexibility index (Phi) is 4.31. The predicted octanol–water partition coefficient (Wildman–Crippen LogP) is 1.39. The van der Waals surface area contributed by atoms with Crippen molar-refractivity contribution in [1.82, 2.24) is 0 Å². The van der Waals surface area contributed by atoms with Crippen LogP contribution in [0.5, 0.6) is 5.75 Å². The zero-order chi connectivity index (χ0) is 12.1. The summed E-state index contributed by atoms with van der Waals surface area (Å²) in [4.78, 5) is 11.2. The number of nitrogens with two attached hydrogens (primary N) is 1. The highest BCUT2D eigenvalue weighted by atomic mass is 16.5. The minimum Gasteiger partial charge on any atom is -0.496 e. The number of esters is 1. The van der Waals surface area contributed by atoms with Crippen LogP contribution in [0.15, 0.2) is 18.2 Å². The third-order valence-electron chi connectivity index (χ3n) is 2.18. The van der Waals surface area contributed by atoms with Crippen molar-refractivity contribution in [3.63, 3.8) is 0 Å². The number of hydrogen-bond acceptors (Lipinski definition) is 4. The summed E-state index contributed by atoms with van der Waals surface area (Å²) in [5.74, 6) is 0.298. The van der Waals surface area contributed by atoms with Crippen molar-refractivity contribution in [2.45, 2.75) is 26.5 Å². The van der Waals surface area contributed by atoms with E-state index in [1.54, 1.807) is 14.0 Å². The van der Waals surface area contributed by atoms with E-state index in [-0.39, 0.29) is 6.61 Å². The van der Waals surface area contributed by atoms with Crippen LogP contribution in [0.1, 0.15) is 18.1 Å². The van der Waals surface area contributed by atoms with Crippen LogP contribution in [0.4, 0.5) is 0 Å². The van der Waals surface area contributed by atoms with Crippen LogP contribution in [0.3, 0.4) is 0 Å². The number of carbonyl (C=O) groups is 1. The van der Waals surface area contributed by atoms with Crippen molar-refractivity contribution in [2.75, 3.05) is 7.11 Å². The van der Waals surface area contributed by atoms with E-state index in [1.807, 2.05) is 25.1 Å². The molecule has 0 aromatic heterocycles. The van der Waals surface area contributed by atoms with Crippen LogP contribution >= 0.6 is 0 Å². The van der Waals surface area contributed by atoms with Gasteiger partial charge in [-0.3, -0.25) is 4.79 Å². The summed E-state index contributed by atoms with van der Waals surface area (Å²) in [5, 5.41) is 0. The van der Waals surface area contributed by atoms with Crippen LogP contribution < -0.4 is 10.5 Å². The fourth-order valence-corrected chi connectivity index (χ4v) is 1.30. The van der Waals surface area contributed by atoms with Gasteiger partial charge in [-0.05, 0) is 26.0 Å². The SMILES string of the molecule is COc1ccc(C)cc1COC(=O)C(C)N. The van der Waals surface area contributed by atoms with Gasteiger partial charge in [0.15, 0.2) is 0 Å². The number of ether oxygens (including phenoxy) is 2. The Morgan fingerprint density at radius 2 is 2.19 bits per heavy atom. The second-order valence-corrected chi connectivity index (χ2v) is 3.71. The molecule has 1 aromatic rings. The van der Waals surface area contributed by atoms with Crippen molar-refractivity contribution < 1.29 is 14.3 Å². The van der Waals surface area contributed by atoms with E-state index in [1.165, 1.54) is 0 Å². The summed E-state index contributed by atoms with van der Waals surface area (Å²) < 4.78 is 10.2. The molecule has 0 aliphatic heterocycles. The van der Waals surface area contributed by atoms with Crippen LogP contribution in [0.2, 0.25) is 0 Å². The molecule has 16 heavy (non-hydrogen) atoms. The summed E-state index contributed by atoms with van der Waals surface area (Å²) in [6.45, 7) is 3.75. The van der Waals surface area contributed by atoms with E-state index >= 15 is 0 Å². The largest absolute Gasteiger partial charge is 0.496 e. The molecule has 0 heterocycles. The van der Waals surface area contributed by atoms with E-state index in [4.69, 9.17) is 15.2 Å². The van der Waals surface area contributed by atoms with E-state index in [2.05, 4.69) is 0 Å². The molecule has 0 spiro atoms. The Bertz CT molecular complexity index is 375. The Hall–Kier alpha value is -1.55. The molecule has 1 atom stereocenters. The average molecular weight is 223 g/mol. The van der Waals surface area contributed by atoms with Gasteiger partial charge in [-0.15, -0.1) is 0 Å². The molecule has 0 radical (unpaired) electrons. The van der Waals surface area contributed by atoms with E-state index in [9.17, 15) is 4.79 Å². The first-order chi connectivity index (χ1) is 7.54. The molecule has 0 amide bonds. The van der Waals surface area contributed by atoms with Gasteiger partial charge in [-0.1, -0.05) is 11.6 Å². The second-order valence-electron chi connectivity index (χ2n) is 3.71. The molecule has 4 heteroatoms. The smallest absolute Gasteiger partial charge is 0.322 e. The van der Waals surface area contributed by atoms with Gasteiger partial charge in [-0.25, -0.2) is 0 Å². The van der Waals surface area contributed by atoms with Crippen molar-refractivity contribution >= 4 is 5.97 Å². The summed E-state index contributed by atoms with van der Waals surface area (Å²) in [6.07, 6.45) is 0. The van der Waals surface area contributed by atoms with Crippen molar-refractivity contribution in [3.05, 3.63) is 29.3 Å². The molecule has 2 N–H and O–H groups in total. The van der Waals surface area contributed by atoms with Gasteiger partial charge in [0.05, 0.1) is 7.11 Å². The van der Waals surface area contributed by atoms with E-state index in [0.717, 1.165) is 11.1 Å². The first kappa shape index (κ1) is 12.5. The Morgan fingerprint density at radius 3 is 2.75 bits per heavy atom. The molecule has 0 saturated carbocycles. The van der Waals surface area contributed by atoms with Crippen LogP contribution in [0, 0.1) is 6.92 Å². The third-order valence-corrected chi connectivity index (χ3v) is 2.18. The van der Waals surface area contributed by atoms with Crippen LogP contribution in [-0.4, -0.2) is 19.1 Å². The lowest BCUT2D eigenvalue weighted by Crippen LogP contribution is -2.28. The van der Waals surface area contributed by atoms with Gasteiger partial charge in [0.25, 0.3) is 0 Å². The zero-order valence-electron chi connectivity index (χ0n) is 9.82. The summed E-state index contributed by atoms with van der Waals surface area (Å²) >= 11 is 0. The highest BCUT2D eigenvalue weighted by Crippen LogP contribution is 2.20. The summed E-state index contributed by atoms with van der Waals surface area (Å²) in [6, 6.07) is 5.11. The first-order valence-electron chi connectivity index (χ1n) is 5.10. The summed E-state index contributed by atoms with van der Waals surface area (Å²) in [7, 11) is 1.58. The molecule has 1 rings (SSSR count). The Balaban J connectivity index is 2.72. The van der Waals surface area contributed by atoms with Crippen LogP contribution in [0.25, 0.3) is 0 Å². The maximum absolute atomic E-state index is 11.2. The molecule has 4 nitrogen and oxygen atoms in total. The van der Waals surface area contributed by atoms with Crippen LogP contribution in [-0.2, 0) is 16.1 Å². The minimum absolute atomic E-state index is 0.186. The van der Waals surface area contributed by atoms with Gasteiger partial charge in [0.2, 0.25) is 0 Å². The topological polar surface area (TPSA) is 61.5 Å². The van der Waals surface area contributed by atoms with Gasteiger partial charge in [0.1, 0.15) is 18.4 Å². The first-order valence-corrected chi connectivity index (χ1v) is 5.10. The second kappa shape index (κ2) is 5.51. The molecule has 0 aliphatic rings. The number of methoxy groups -OCH3 is 1. The number of carbonyl (C=O) groups excluding carboxylic acids is 1. The molecular formula is C12H17NO3. The molecule has 0 bridgehead atoms. The highest BCUT2D eigenvalue weighted by molar-refractivity contribution is 5.74. The lowest BCUT2D eigenvalue weighted by molar-refractivity contribution is -0.146. The van der Waals surface area contributed by atoms with E-state index in [0.29, 0.717) is 5.75 Å². The number of hydrogen-bond donors (Lipinski definition) is 1. The molecular weight excluding hydrogens is 206 g/mol. The van der Waals surface area contributed by atoms with Crippen molar-refractivity contribution in [2.24, 2.45) is 5.73 Å². The molecule has 0 aliphatic carbocycles. The summed E-state index contributed by atoms with van der Waals surface area (Å²) in [5.41, 5.74) is 7.33. The quantitative estimate of drug-likeness (QED) is 0.784. The number of aryl methyl sites for hydroxylation is 1. The lowest BCUT2D eigenvalue weighted by Gasteiger charge is -2.11. The Morgan fingerprint density at radius 1 is 1.50 bits per heavy atom. The van der Waals surface area contributed by atoms with Crippen molar-refractivity contribution in [1.29, 1.82) is 0 Å². The molecule has 1 aromatic carbocycles. The fraction of sp³-hybridized carbons (Fsp3) is 0.417. The predicted molar refractivity (Wildman–Crippen MR) is 61.2 cm³/mol. The standard InChI is InChI=1S/C12H17NO3/c1-8-4-5-11(15-3)10(6-8)7-16-12(14)9(2)13/h4-6,9H,7,13H2,1-3H3. The van der Waals surface area contributed by atoms with Gasteiger partial charge in [0, 0.05) is 5.56 Å². The number of rotatable bonds is 4. The fourth-order valence-electron chi connectivity index (χ4n) is 1.30. The van der Waals surface area contributed by atoms with Crippen molar-refractivity contribution in [3.8, 4) is 5.75 Å². The maximum atomic E-state index is 11.2. The highest BCUT2D eigenvalue weighted by Gasteiger charge is 2.10.